The molecule has 2 heterocycles. The maximum absolute atomic E-state index is 12.9. The van der Waals surface area contributed by atoms with E-state index in [4.69, 9.17) is 0 Å². The Morgan fingerprint density at radius 1 is 1.48 bits per heavy atom. The van der Waals surface area contributed by atoms with Gasteiger partial charge in [-0.15, -0.1) is 11.3 Å². The molecule has 0 radical (unpaired) electrons. The van der Waals surface area contributed by atoms with Crippen molar-refractivity contribution in [2.45, 2.75) is 30.0 Å². The molecule has 0 amide bonds. The van der Waals surface area contributed by atoms with Crippen LogP contribution in [0.3, 0.4) is 0 Å². The van der Waals surface area contributed by atoms with E-state index in [0.717, 1.165) is 35.3 Å². The summed E-state index contributed by atoms with van der Waals surface area (Å²) < 4.78 is 28.4. The summed E-state index contributed by atoms with van der Waals surface area (Å²) in [7, 11) is -1.50. The molecule has 120 valence electrons. The average Bonchev–Trinajstić information content (AvgIpc) is 2.78. The second-order valence-electron chi connectivity index (χ2n) is 5.40. The zero-order valence-electron chi connectivity index (χ0n) is 12.2. The normalized spacial score (nSPS) is 18.5. The number of aliphatic hydroxyl groups is 1. The Bertz CT molecular complexity index is 561. The van der Waals surface area contributed by atoms with Crippen LogP contribution in [0.15, 0.2) is 14.1 Å². The number of aliphatic hydroxyl groups excluding tert-OH is 1. The van der Waals surface area contributed by atoms with E-state index in [1.807, 2.05) is 14.0 Å². The average molecular weight is 397 g/mol. The lowest BCUT2D eigenvalue weighted by atomic mass is 10.1. The molecule has 1 saturated heterocycles. The first-order valence-corrected chi connectivity index (χ1v) is 9.98. The predicted molar refractivity (Wildman–Crippen MR) is 88.3 cm³/mol. The Morgan fingerprint density at radius 2 is 2.10 bits per heavy atom. The number of sulfonamides is 1. The van der Waals surface area contributed by atoms with E-state index in [1.54, 1.807) is 6.07 Å². The second-order valence-corrected chi connectivity index (χ2v) is 9.88. The summed E-state index contributed by atoms with van der Waals surface area (Å²) in [5.41, 5.74) is 0.922. The van der Waals surface area contributed by atoms with Gasteiger partial charge in [-0.3, -0.25) is 0 Å². The summed E-state index contributed by atoms with van der Waals surface area (Å²) >= 11 is 4.62. The van der Waals surface area contributed by atoms with E-state index in [9.17, 15) is 13.5 Å². The van der Waals surface area contributed by atoms with Crippen LogP contribution in [-0.2, 0) is 10.0 Å². The Hall–Kier alpha value is 0.01000. The van der Waals surface area contributed by atoms with Crippen molar-refractivity contribution in [3.05, 3.63) is 15.4 Å². The van der Waals surface area contributed by atoms with Crippen molar-refractivity contribution >= 4 is 37.3 Å². The fraction of sp³-hybridized carbons (Fsp3) is 0.692. The number of nitrogens with zero attached hydrogens (tertiary/aromatic N) is 2. The molecule has 8 heteroatoms. The number of halogens is 1. The van der Waals surface area contributed by atoms with Gasteiger partial charge in [0.15, 0.2) is 0 Å². The Balaban J connectivity index is 2.27. The molecule has 5 nitrogen and oxygen atoms in total. The highest BCUT2D eigenvalue weighted by atomic mass is 79.9. The van der Waals surface area contributed by atoms with Gasteiger partial charge in [0.1, 0.15) is 4.21 Å². The lowest BCUT2D eigenvalue weighted by molar-refractivity contribution is 0.161. The Kier molecular flexibility index (Phi) is 5.84. The third-order valence-electron chi connectivity index (χ3n) is 3.81. The van der Waals surface area contributed by atoms with Crippen LogP contribution >= 0.6 is 27.3 Å². The minimum absolute atomic E-state index is 0.0282. The minimum Gasteiger partial charge on any atom is -0.395 e. The lowest BCUT2D eigenvalue weighted by Crippen LogP contribution is -2.47. The fourth-order valence-corrected chi connectivity index (χ4v) is 6.59. The molecule has 0 bridgehead atoms. The Labute approximate surface area is 138 Å². The smallest absolute Gasteiger partial charge is 0.252 e. The summed E-state index contributed by atoms with van der Waals surface area (Å²) in [6.45, 7) is 3.65. The van der Waals surface area contributed by atoms with Gasteiger partial charge in [-0.1, -0.05) is 0 Å². The third-order valence-corrected chi connectivity index (χ3v) is 8.35. The number of hydrogen-bond acceptors (Lipinski definition) is 5. The number of rotatable bonds is 5. The van der Waals surface area contributed by atoms with Crippen molar-refractivity contribution in [2.75, 3.05) is 33.3 Å². The van der Waals surface area contributed by atoms with E-state index in [2.05, 4.69) is 20.8 Å². The van der Waals surface area contributed by atoms with Crippen LogP contribution in [0.25, 0.3) is 0 Å². The van der Waals surface area contributed by atoms with E-state index in [1.165, 1.54) is 15.6 Å². The molecule has 0 aliphatic carbocycles. The van der Waals surface area contributed by atoms with Crippen molar-refractivity contribution in [3.8, 4) is 0 Å². The number of likely N-dealkylation sites (tertiary alicyclic amines) is 1. The molecular formula is C13H21BrN2O3S2. The summed E-state index contributed by atoms with van der Waals surface area (Å²) in [6, 6.07) is 1.67. The minimum atomic E-state index is -3.54. The van der Waals surface area contributed by atoms with Gasteiger partial charge in [0.2, 0.25) is 0 Å². The Morgan fingerprint density at radius 3 is 2.57 bits per heavy atom. The van der Waals surface area contributed by atoms with Crippen molar-refractivity contribution < 1.29 is 13.5 Å². The van der Waals surface area contributed by atoms with Gasteiger partial charge >= 0.3 is 0 Å². The zero-order valence-corrected chi connectivity index (χ0v) is 15.5. The van der Waals surface area contributed by atoms with Crippen LogP contribution in [0.5, 0.6) is 0 Å². The highest BCUT2D eigenvalue weighted by Gasteiger charge is 2.34. The summed E-state index contributed by atoms with van der Waals surface area (Å²) in [6.07, 6.45) is 1.61. The highest BCUT2D eigenvalue weighted by molar-refractivity contribution is 9.11. The molecule has 2 rings (SSSR count). The monoisotopic (exact) mass is 396 g/mol. The molecule has 1 aliphatic heterocycles. The number of hydrogen-bond donors (Lipinski definition) is 1. The first kappa shape index (κ1) is 17.4. The quantitative estimate of drug-likeness (QED) is 0.825. The molecule has 1 aromatic heterocycles. The fourth-order valence-electron chi connectivity index (χ4n) is 2.55. The molecule has 1 N–H and O–H groups in total. The predicted octanol–water partition coefficient (Wildman–Crippen LogP) is 1.90. The van der Waals surface area contributed by atoms with E-state index in [-0.39, 0.29) is 19.2 Å². The van der Waals surface area contributed by atoms with E-state index >= 15 is 0 Å². The molecule has 1 aliphatic rings. The van der Waals surface area contributed by atoms with Crippen LogP contribution in [-0.4, -0.2) is 62.1 Å². The first-order valence-electron chi connectivity index (χ1n) is 6.93. The topological polar surface area (TPSA) is 60.9 Å². The largest absolute Gasteiger partial charge is 0.395 e. The maximum atomic E-state index is 12.9. The zero-order chi connectivity index (χ0) is 15.6. The van der Waals surface area contributed by atoms with Crippen molar-refractivity contribution in [1.82, 2.24) is 9.21 Å². The molecule has 0 unspecified atom stereocenters. The van der Waals surface area contributed by atoms with Crippen LogP contribution in [0.4, 0.5) is 0 Å². The molecule has 1 aromatic rings. The molecule has 21 heavy (non-hydrogen) atoms. The summed E-state index contributed by atoms with van der Waals surface area (Å²) in [5, 5.41) is 9.27. The van der Waals surface area contributed by atoms with Crippen LogP contribution in [0.1, 0.15) is 18.4 Å². The molecule has 1 fully saturated rings. The standard InChI is InChI=1S/C13H21BrN2O3S2/c1-10-9-12(20-13(10)14)21(18,19)16(7-8-17)11-3-5-15(2)6-4-11/h9,11,17H,3-8H2,1-2H3. The van der Waals surface area contributed by atoms with Crippen molar-refractivity contribution in [2.24, 2.45) is 0 Å². The van der Waals surface area contributed by atoms with Gasteiger partial charge in [-0.05, 0) is 67.5 Å². The van der Waals surface area contributed by atoms with Gasteiger partial charge in [0, 0.05) is 12.6 Å². The van der Waals surface area contributed by atoms with Gasteiger partial charge in [0.05, 0.1) is 10.4 Å². The van der Waals surface area contributed by atoms with Gasteiger partial charge in [-0.25, -0.2) is 8.42 Å². The van der Waals surface area contributed by atoms with Gasteiger partial charge in [0.25, 0.3) is 10.0 Å². The van der Waals surface area contributed by atoms with Gasteiger partial charge < -0.3 is 10.0 Å². The summed E-state index contributed by atoms with van der Waals surface area (Å²) in [4.78, 5) is 2.20. The van der Waals surface area contributed by atoms with Crippen LogP contribution < -0.4 is 0 Å². The SMILES string of the molecule is Cc1cc(S(=O)(=O)N(CCO)C2CCN(C)CC2)sc1Br. The van der Waals surface area contributed by atoms with Gasteiger partial charge in [-0.2, -0.15) is 4.31 Å². The van der Waals surface area contributed by atoms with Crippen molar-refractivity contribution in [3.63, 3.8) is 0 Å². The van der Waals surface area contributed by atoms with Crippen molar-refractivity contribution in [1.29, 1.82) is 0 Å². The third kappa shape index (κ3) is 3.86. The highest BCUT2D eigenvalue weighted by Crippen LogP contribution is 2.33. The first-order chi connectivity index (χ1) is 9.86. The molecule has 0 spiro atoms. The summed E-state index contributed by atoms with van der Waals surface area (Å²) in [5.74, 6) is 0. The second kappa shape index (κ2) is 7.06. The molecule has 0 atom stereocenters. The number of aryl methyl sites for hydroxylation is 1. The maximum Gasteiger partial charge on any atom is 0.252 e. The van der Waals surface area contributed by atoms with E-state index < -0.39 is 10.0 Å². The van der Waals surface area contributed by atoms with Crippen LogP contribution in [0, 0.1) is 6.92 Å². The lowest BCUT2D eigenvalue weighted by Gasteiger charge is -2.35. The molecular weight excluding hydrogens is 376 g/mol. The number of piperidine rings is 1. The molecule has 0 aromatic carbocycles. The molecule has 0 saturated carbocycles. The van der Waals surface area contributed by atoms with E-state index in [0.29, 0.717) is 4.21 Å². The number of thiophene rings is 1. The van der Waals surface area contributed by atoms with Crippen LogP contribution in [0.2, 0.25) is 0 Å².